The predicted molar refractivity (Wildman–Crippen MR) is 85.3 cm³/mol. The Bertz CT molecular complexity index is 476. The Morgan fingerprint density at radius 1 is 0.850 bits per heavy atom. The summed E-state index contributed by atoms with van der Waals surface area (Å²) < 4.78 is 0. The van der Waals surface area contributed by atoms with Crippen molar-refractivity contribution in [1.29, 1.82) is 0 Å². The molecule has 0 aromatic rings. The fourth-order valence-electron chi connectivity index (χ4n) is 5.15. The van der Waals surface area contributed by atoms with Gasteiger partial charge in [-0.25, -0.2) is 0 Å². The number of hydrogen-bond acceptors (Lipinski definition) is 0. The van der Waals surface area contributed by atoms with Gasteiger partial charge in [-0.1, -0.05) is 54.5 Å². The van der Waals surface area contributed by atoms with Crippen molar-refractivity contribution in [3.05, 3.63) is 48.1 Å². The maximum absolute atomic E-state index is 2.48. The Hall–Kier alpha value is -1.04. The molecule has 0 aliphatic heterocycles. The maximum atomic E-state index is 2.48. The van der Waals surface area contributed by atoms with Crippen molar-refractivity contribution in [2.75, 3.05) is 0 Å². The number of rotatable bonds is 3. The van der Waals surface area contributed by atoms with Crippen LogP contribution in [0.3, 0.4) is 0 Å². The van der Waals surface area contributed by atoms with Gasteiger partial charge < -0.3 is 0 Å². The third kappa shape index (κ3) is 2.24. The predicted octanol–water partition coefficient (Wildman–Crippen LogP) is 5.45. The summed E-state index contributed by atoms with van der Waals surface area (Å²) in [5.41, 5.74) is 1.77. The molecule has 5 atom stereocenters. The van der Waals surface area contributed by atoms with Crippen molar-refractivity contribution in [3.8, 4) is 0 Å². The van der Waals surface area contributed by atoms with E-state index in [0.717, 1.165) is 29.6 Å². The molecule has 2 saturated carbocycles. The lowest BCUT2D eigenvalue weighted by atomic mass is 9.79. The molecule has 20 heavy (non-hydrogen) atoms. The zero-order valence-electron chi connectivity index (χ0n) is 12.4. The van der Waals surface area contributed by atoms with Crippen molar-refractivity contribution < 1.29 is 0 Å². The van der Waals surface area contributed by atoms with Crippen LogP contribution in [0, 0.1) is 29.6 Å². The Kier molecular flexibility index (Phi) is 3.42. The maximum Gasteiger partial charge on any atom is -0.0137 e. The van der Waals surface area contributed by atoms with E-state index in [1.54, 1.807) is 5.57 Å². The van der Waals surface area contributed by atoms with Gasteiger partial charge in [-0.2, -0.15) is 0 Å². The zero-order valence-corrected chi connectivity index (χ0v) is 12.4. The Morgan fingerprint density at radius 2 is 1.75 bits per heavy atom. The molecule has 0 bridgehead atoms. The first-order chi connectivity index (χ1) is 9.92. The molecule has 0 amide bonds. The summed E-state index contributed by atoms with van der Waals surface area (Å²) >= 11 is 0. The van der Waals surface area contributed by atoms with E-state index in [0.29, 0.717) is 0 Å². The van der Waals surface area contributed by atoms with Crippen LogP contribution >= 0.6 is 0 Å². The van der Waals surface area contributed by atoms with Crippen LogP contribution in [0.4, 0.5) is 0 Å². The van der Waals surface area contributed by atoms with Gasteiger partial charge in [0.15, 0.2) is 0 Å². The van der Waals surface area contributed by atoms with E-state index in [-0.39, 0.29) is 0 Å². The van der Waals surface area contributed by atoms with Gasteiger partial charge in [0.1, 0.15) is 0 Å². The summed E-state index contributed by atoms with van der Waals surface area (Å²) in [6.07, 6.45) is 26.6. The highest BCUT2D eigenvalue weighted by atomic mass is 14.4. The topological polar surface area (TPSA) is 0 Å². The molecule has 0 aromatic carbocycles. The van der Waals surface area contributed by atoms with E-state index in [1.165, 1.54) is 44.9 Å². The number of allylic oxidation sites excluding steroid dienone is 8. The largest absolute Gasteiger partial charge is 0.0808 e. The molecular formula is C20H26. The third-order valence-corrected chi connectivity index (χ3v) is 6.23. The molecule has 0 saturated heterocycles. The van der Waals surface area contributed by atoms with Gasteiger partial charge in [-0.3, -0.25) is 0 Å². The summed E-state index contributed by atoms with van der Waals surface area (Å²) in [5.74, 6) is 4.42. The SMILES string of the molecule is C1=CC2CCCC2C(CC[C@H]2CCC3C=CC=CC32)=C1. The fourth-order valence-corrected chi connectivity index (χ4v) is 5.15. The van der Waals surface area contributed by atoms with Crippen LogP contribution in [0.5, 0.6) is 0 Å². The third-order valence-electron chi connectivity index (χ3n) is 6.23. The smallest absolute Gasteiger partial charge is 0.0137 e. The van der Waals surface area contributed by atoms with E-state index >= 15 is 0 Å². The Balaban J connectivity index is 1.39. The second-order valence-electron chi connectivity index (χ2n) is 7.21. The van der Waals surface area contributed by atoms with Crippen LogP contribution in [-0.4, -0.2) is 0 Å². The molecule has 0 heterocycles. The minimum Gasteiger partial charge on any atom is -0.0808 e. The normalized spacial score (nSPS) is 41.6. The van der Waals surface area contributed by atoms with Crippen molar-refractivity contribution in [3.63, 3.8) is 0 Å². The molecule has 0 radical (unpaired) electrons. The summed E-state index contributed by atoms with van der Waals surface area (Å²) in [4.78, 5) is 0. The van der Waals surface area contributed by atoms with Gasteiger partial charge in [0.05, 0.1) is 0 Å². The van der Waals surface area contributed by atoms with Crippen molar-refractivity contribution in [2.24, 2.45) is 29.6 Å². The molecular weight excluding hydrogens is 240 g/mol. The molecule has 4 unspecified atom stereocenters. The van der Waals surface area contributed by atoms with Crippen molar-refractivity contribution in [2.45, 2.75) is 44.9 Å². The minimum atomic E-state index is 0.846. The first-order valence-corrected chi connectivity index (χ1v) is 8.64. The van der Waals surface area contributed by atoms with Crippen LogP contribution in [0.15, 0.2) is 48.1 Å². The average Bonchev–Trinajstić information content (AvgIpc) is 3.12. The lowest BCUT2D eigenvalue weighted by Gasteiger charge is -2.26. The summed E-state index contributed by atoms with van der Waals surface area (Å²) in [6, 6.07) is 0. The van der Waals surface area contributed by atoms with Crippen LogP contribution in [-0.2, 0) is 0 Å². The quantitative estimate of drug-likeness (QED) is 0.637. The van der Waals surface area contributed by atoms with E-state index in [1.807, 2.05) is 0 Å². The van der Waals surface area contributed by atoms with Gasteiger partial charge in [-0.15, -0.1) is 0 Å². The fraction of sp³-hybridized carbons (Fsp3) is 0.600. The number of hydrogen-bond donors (Lipinski definition) is 0. The van der Waals surface area contributed by atoms with Crippen LogP contribution in [0.25, 0.3) is 0 Å². The van der Waals surface area contributed by atoms with Crippen LogP contribution < -0.4 is 0 Å². The summed E-state index contributed by atoms with van der Waals surface area (Å²) in [5, 5.41) is 0. The van der Waals surface area contributed by atoms with Crippen LogP contribution in [0.1, 0.15) is 44.9 Å². The highest BCUT2D eigenvalue weighted by Gasteiger charge is 2.35. The second kappa shape index (κ2) is 5.39. The first kappa shape index (κ1) is 12.7. The highest BCUT2D eigenvalue weighted by molar-refractivity contribution is 5.25. The van der Waals surface area contributed by atoms with Gasteiger partial charge in [0, 0.05) is 0 Å². The molecule has 2 fully saturated rings. The lowest BCUT2D eigenvalue weighted by Crippen LogP contribution is -2.15. The van der Waals surface area contributed by atoms with E-state index in [4.69, 9.17) is 0 Å². The standard InChI is InChI=1S/C20H26/c1-2-9-19-16(5-1)11-13-18(19)14-12-17-7-3-6-15-8-4-10-20(15)17/h1-3,5-7,9,15-16,18-20H,4,8,10-14H2/t15?,16?,18-,19?,20?/m1/s1. The van der Waals surface area contributed by atoms with E-state index in [2.05, 4.69) is 42.5 Å². The molecule has 0 aromatic heterocycles. The van der Waals surface area contributed by atoms with Crippen LogP contribution in [0.2, 0.25) is 0 Å². The number of fused-ring (bicyclic) bond motifs is 2. The summed E-state index contributed by atoms with van der Waals surface area (Å²) in [7, 11) is 0. The molecule has 106 valence electrons. The zero-order chi connectivity index (χ0) is 13.4. The van der Waals surface area contributed by atoms with Gasteiger partial charge in [-0.05, 0) is 68.1 Å². The molecule has 0 N–H and O–H groups in total. The second-order valence-corrected chi connectivity index (χ2v) is 7.21. The van der Waals surface area contributed by atoms with Gasteiger partial charge in [0.25, 0.3) is 0 Å². The molecule has 0 heteroatoms. The molecule has 0 nitrogen and oxygen atoms in total. The Morgan fingerprint density at radius 3 is 2.75 bits per heavy atom. The Labute approximate surface area is 123 Å². The average molecular weight is 266 g/mol. The molecule has 4 aliphatic rings. The first-order valence-electron chi connectivity index (χ1n) is 8.64. The minimum absolute atomic E-state index is 0.846. The molecule has 4 rings (SSSR count). The van der Waals surface area contributed by atoms with Gasteiger partial charge >= 0.3 is 0 Å². The molecule has 0 spiro atoms. The monoisotopic (exact) mass is 266 g/mol. The van der Waals surface area contributed by atoms with Crippen molar-refractivity contribution in [1.82, 2.24) is 0 Å². The molecule has 4 aliphatic carbocycles. The van der Waals surface area contributed by atoms with Crippen molar-refractivity contribution >= 4 is 0 Å². The lowest BCUT2D eigenvalue weighted by molar-refractivity contribution is 0.382. The van der Waals surface area contributed by atoms with E-state index < -0.39 is 0 Å². The summed E-state index contributed by atoms with van der Waals surface area (Å²) in [6.45, 7) is 0. The highest BCUT2D eigenvalue weighted by Crippen LogP contribution is 2.46. The van der Waals surface area contributed by atoms with Gasteiger partial charge in [0.2, 0.25) is 0 Å². The van der Waals surface area contributed by atoms with E-state index in [9.17, 15) is 0 Å².